The van der Waals surface area contributed by atoms with Crippen LogP contribution in [0.5, 0.6) is 0 Å². The Labute approximate surface area is 109 Å². The van der Waals surface area contributed by atoms with E-state index < -0.39 is 11.7 Å². The molecule has 0 unspecified atom stereocenters. The summed E-state index contributed by atoms with van der Waals surface area (Å²) in [6.07, 6.45) is 2.71. The van der Waals surface area contributed by atoms with Gasteiger partial charge in [0.05, 0.1) is 16.8 Å². The van der Waals surface area contributed by atoms with E-state index in [0.29, 0.717) is 0 Å². The topological polar surface area (TPSA) is 57.0 Å². The molecule has 0 atom stereocenters. The highest BCUT2D eigenvalue weighted by atomic mass is 19.1. The van der Waals surface area contributed by atoms with Crippen molar-refractivity contribution in [2.45, 2.75) is 0 Å². The zero-order chi connectivity index (χ0) is 13.8. The van der Waals surface area contributed by atoms with Gasteiger partial charge in [-0.2, -0.15) is 5.26 Å². The summed E-state index contributed by atoms with van der Waals surface area (Å²) in [5.41, 5.74) is 0.701. The molecule has 4 nitrogen and oxygen atoms in total. The Bertz CT molecular complexity index is 664. The lowest BCUT2D eigenvalue weighted by molar-refractivity contribution is 0.0992. The molecule has 0 aliphatic rings. The number of anilines is 1. The third-order valence-electron chi connectivity index (χ3n) is 2.63. The second-order valence-electron chi connectivity index (χ2n) is 3.89. The number of hydrogen-bond acceptors (Lipinski definition) is 3. The second kappa shape index (κ2) is 5.27. The number of nitriles is 1. The van der Waals surface area contributed by atoms with Crippen LogP contribution in [0.25, 0.3) is 0 Å². The van der Waals surface area contributed by atoms with Crippen molar-refractivity contribution in [3.8, 4) is 6.07 Å². The number of benzene rings is 1. The second-order valence-corrected chi connectivity index (χ2v) is 3.89. The first kappa shape index (κ1) is 12.7. The van der Waals surface area contributed by atoms with Crippen LogP contribution in [0.2, 0.25) is 0 Å². The summed E-state index contributed by atoms with van der Waals surface area (Å²) in [7, 11) is 1.47. The molecule has 0 saturated heterocycles. The summed E-state index contributed by atoms with van der Waals surface area (Å²) in [4.78, 5) is 17.2. The Hall–Kier alpha value is -2.74. The first-order chi connectivity index (χ1) is 9.13. The van der Waals surface area contributed by atoms with Crippen LogP contribution in [0.15, 0.2) is 42.7 Å². The van der Waals surface area contributed by atoms with Crippen LogP contribution in [0.4, 0.5) is 10.1 Å². The predicted octanol–water partition coefficient (Wildman–Crippen LogP) is 2.37. The van der Waals surface area contributed by atoms with E-state index in [9.17, 15) is 9.18 Å². The number of pyridine rings is 1. The Morgan fingerprint density at radius 3 is 2.79 bits per heavy atom. The van der Waals surface area contributed by atoms with Crippen LogP contribution < -0.4 is 4.90 Å². The van der Waals surface area contributed by atoms with E-state index in [2.05, 4.69) is 4.98 Å². The van der Waals surface area contributed by atoms with Crippen molar-refractivity contribution in [2.24, 2.45) is 0 Å². The highest BCUT2D eigenvalue weighted by molar-refractivity contribution is 6.05. The third-order valence-corrected chi connectivity index (χ3v) is 2.63. The van der Waals surface area contributed by atoms with Crippen LogP contribution in [0.3, 0.4) is 0 Å². The largest absolute Gasteiger partial charge is 0.309 e. The molecule has 2 aromatic rings. The van der Waals surface area contributed by atoms with Crippen molar-refractivity contribution >= 4 is 11.6 Å². The van der Waals surface area contributed by atoms with E-state index in [-0.39, 0.29) is 16.8 Å². The van der Waals surface area contributed by atoms with Gasteiger partial charge in [0, 0.05) is 19.4 Å². The highest BCUT2D eigenvalue weighted by Crippen LogP contribution is 2.19. The Morgan fingerprint density at radius 2 is 2.11 bits per heavy atom. The van der Waals surface area contributed by atoms with E-state index in [4.69, 9.17) is 5.26 Å². The zero-order valence-electron chi connectivity index (χ0n) is 10.2. The maximum atomic E-state index is 13.6. The number of amides is 1. The lowest BCUT2D eigenvalue weighted by Crippen LogP contribution is -2.27. The van der Waals surface area contributed by atoms with E-state index in [1.807, 2.05) is 6.07 Å². The summed E-state index contributed by atoms with van der Waals surface area (Å²) in [5, 5.41) is 8.77. The van der Waals surface area contributed by atoms with Crippen LogP contribution in [0, 0.1) is 17.1 Å². The number of halogens is 1. The Balaban J connectivity index is 2.34. The number of para-hydroxylation sites is 1. The minimum atomic E-state index is -0.484. The monoisotopic (exact) mass is 255 g/mol. The van der Waals surface area contributed by atoms with Gasteiger partial charge in [-0.05, 0) is 18.2 Å². The zero-order valence-corrected chi connectivity index (χ0v) is 10.2. The van der Waals surface area contributed by atoms with E-state index in [1.165, 1.54) is 42.5 Å². The molecule has 0 N–H and O–H groups in total. The molecule has 0 fully saturated rings. The minimum absolute atomic E-state index is 0.176. The molecular formula is C14H10FN3O. The minimum Gasteiger partial charge on any atom is -0.309 e. The van der Waals surface area contributed by atoms with Gasteiger partial charge < -0.3 is 4.90 Å². The van der Waals surface area contributed by atoms with Crippen LogP contribution >= 0.6 is 0 Å². The quantitative estimate of drug-likeness (QED) is 0.827. The molecule has 1 aromatic carbocycles. The maximum absolute atomic E-state index is 13.6. The number of carbonyl (C=O) groups is 1. The molecule has 0 aliphatic heterocycles. The predicted molar refractivity (Wildman–Crippen MR) is 68.1 cm³/mol. The summed E-state index contributed by atoms with van der Waals surface area (Å²) in [6, 6.07) is 9.31. The van der Waals surface area contributed by atoms with Gasteiger partial charge in [-0.3, -0.25) is 9.78 Å². The number of rotatable bonds is 2. The molecule has 0 spiro atoms. The summed E-state index contributed by atoms with van der Waals surface area (Å²) in [6.45, 7) is 0. The van der Waals surface area contributed by atoms with Crippen LogP contribution in [0.1, 0.15) is 15.9 Å². The van der Waals surface area contributed by atoms with Gasteiger partial charge in [0.15, 0.2) is 0 Å². The van der Waals surface area contributed by atoms with Gasteiger partial charge in [0.1, 0.15) is 11.9 Å². The van der Waals surface area contributed by atoms with Crippen molar-refractivity contribution < 1.29 is 9.18 Å². The molecule has 2 rings (SSSR count). The van der Waals surface area contributed by atoms with Crippen molar-refractivity contribution in [2.75, 3.05) is 11.9 Å². The molecule has 0 radical (unpaired) electrons. The average molecular weight is 255 g/mol. The highest BCUT2D eigenvalue weighted by Gasteiger charge is 2.16. The average Bonchev–Trinajstić information content (AvgIpc) is 2.46. The lowest BCUT2D eigenvalue weighted by atomic mass is 10.2. The van der Waals surface area contributed by atoms with Gasteiger partial charge in [0.25, 0.3) is 5.91 Å². The van der Waals surface area contributed by atoms with Crippen molar-refractivity contribution in [1.29, 1.82) is 5.26 Å². The third kappa shape index (κ3) is 2.58. The normalized spacial score (nSPS) is 9.74. The van der Waals surface area contributed by atoms with Crippen molar-refractivity contribution in [3.63, 3.8) is 0 Å². The Kier molecular flexibility index (Phi) is 3.53. The Morgan fingerprint density at radius 1 is 1.37 bits per heavy atom. The van der Waals surface area contributed by atoms with Crippen LogP contribution in [-0.4, -0.2) is 17.9 Å². The molecule has 0 bridgehead atoms. The molecule has 1 heterocycles. The number of carbonyl (C=O) groups excluding carboxylic acids is 1. The van der Waals surface area contributed by atoms with Gasteiger partial charge in [-0.1, -0.05) is 12.1 Å². The maximum Gasteiger partial charge on any atom is 0.259 e. The summed E-state index contributed by atoms with van der Waals surface area (Å²) < 4.78 is 13.6. The summed E-state index contributed by atoms with van der Waals surface area (Å²) in [5.74, 6) is -0.905. The SMILES string of the molecule is CN(C(=O)c1cncc(C#N)c1)c1ccccc1F. The molecular weight excluding hydrogens is 245 g/mol. The fourth-order valence-electron chi connectivity index (χ4n) is 1.64. The fraction of sp³-hybridized carbons (Fsp3) is 0.0714. The molecule has 0 saturated carbocycles. The molecule has 19 heavy (non-hydrogen) atoms. The van der Waals surface area contributed by atoms with E-state index in [0.717, 1.165) is 0 Å². The van der Waals surface area contributed by atoms with Crippen molar-refractivity contribution in [1.82, 2.24) is 4.98 Å². The van der Waals surface area contributed by atoms with Gasteiger partial charge >= 0.3 is 0 Å². The number of nitrogens with zero attached hydrogens (tertiary/aromatic N) is 3. The van der Waals surface area contributed by atoms with Crippen molar-refractivity contribution in [3.05, 3.63) is 59.7 Å². The fourth-order valence-corrected chi connectivity index (χ4v) is 1.64. The standard InChI is InChI=1S/C14H10FN3O/c1-18(13-5-3-2-4-12(13)15)14(19)11-6-10(7-16)8-17-9-11/h2-6,8-9H,1H3. The van der Waals surface area contributed by atoms with E-state index >= 15 is 0 Å². The first-order valence-electron chi connectivity index (χ1n) is 5.51. The smallest absolute Gasteiger partial charge is 0.259 e. The first-order valence-corrected chi connectivity index (χ1v) is 5.51. The molecule has 1 amide bonds. The lowest BCUT2D eigenvalue weighted by Gasteiger charge is -2.17. The van der Waals surface area contributed by atoms with Gasteiger partial charge in [-0.25, -0.2) is 4.39 Å². The molecule has 94 valence electrons. The number of hydrogen-bond donors (Lipinski definition) is 0. The molecule has 0 aliphatic carbocycles. The molecule has 1 aromatic heterocycles. The van der Waals surface area contributed by atoms with Crippen LogP contribution in [-0.2, 0) is 0 Å². The van der Waals surface area contributed by atoms with E-state index in [1.54, 1.807) is 12.1 Å². The summed E-state index contributed by atoms with van der Waals surface area (Å²) >= 11 is 0. The van der Waals surface area contributed by atoms with Gasteiger partial charge in [0.2, 0.25) is 0 Å². The van der Waals surface area contributed by atoms with Gasteiger partial charge in [-0.15, -0.1) is 0 Å². The number of aromatic nitrogens is 1. The molecule has 5 heteroatoms.